The molecule has 164 valence electrons. The van der Waals surface area contributed by atoms with E-state index in [-0.39, 0.29) is 17.6 Å². The van der Waals surface area contributed by atoms with Crippen molar-refractivity contribution in [1.82, 2.24) is 14.3 Å². The largest absolute Gasteiger partial charge is 0.383 e. The molecule has 8 nitrogen and oxygen atoms in total. The molecule has 1 N–H and O–H groups in total. The van der Waals surface area contributed by atoms with E-state index in [4.69, 9.17) is 21.7 Å². The molecule has 1 unspecified atom stereocenters. The number of carbonyl (C=O) groups excluding carboxylic acids is 1. The Balaban J connectivity index is 1.73. The topological polar surface area (TPSA) is 85.2 Å². The molecule has 0 radical (unpaired) electrons. The predicted octanol–water partition coefficient (Wildman–Crippen LogP) is 2.44. The lowest BCUT2D eigenvalue weighted by atomic mass is 10.2. The summed E-state index contributed by atoms with van der Waals surface area (Å²) in [6, 6.07) is 3.72. The number of thioether (sulfide) groups is 1. The van der Waals surface area contributed by atoms with Gasteiger partial charge in [0.2, 0.25) is 0 Å². The van der Waals surface area contributed by atoms with Gasteiger partial charge in [0.15, 0.2) is 0 Å². The van der Waals surface area contributed by atoms with Crippen LogP contribution in [-0.4, -0.2) is 64.0 Å². The fraction of sp³-hybridized carbons (Fsp3) is 0.429. The number of nitrogens with zero attached hydrogens (tertiary/aromatic N) is 3. The molecule has 0 aliphatic carbocycles. The van der Waals surface area contributed by atoms with Crippen molar-refractivity contribution in [2.24, 2.45) is 0 Å². The van der Waals surface area contributed by atoms with Crippen LogP contribution in [0, 0.1) is 6.92 Å². The number of hydrogen-bond donors (Lipinski definition) is 1. The Labute approximate surface area is 189 Å². The predicted molar refractivity (Wildman–Crippen MR) is 125 cm³/mol. The average Bonchev–Trinajstić information content (AvgIpc) is 3.36. The highest BCUT2D eigenvalue weighted by Crippen LogP contribution is 2.33. The first-order chi connectivity index (χ1) is 15.0. The number of hydrogen-bond acceptors (Lipinski definition) is 8. The highest BCUT2D eigenvalue weighted by Gasteiger charge is 2.32. The Morgan fingerprint density at radius 1 is 1.42 bits per heavy atom. The van der Waals surface area contributed by atoms with Gasteiger partial charge >= 0.3 is 0 Å². The average molecular weight is 461 g/mol. The minimum Gasteiger partial charge on any atom is -0.383 e. The Morgan fingerprint density at radius 2 is 2.26 bits per heavy atom. The number of nitrogens with one attached hydrogen (secondary N) is 1. The SMILES string of the molecule is COCCN1C(=O)/C(=C/c2c(NCC3CCCO3)nc3ccc(C)cn3c2=O)SC1=S. The molecule has 0 bridgehead atoms. The smallest absolute Gasteiger partial charge is 0.267 e. The molecule has 2 aliphatic rings. The second-order valence-electron chi connectivity index (χ2n) is 7.46. The fourth-order valence-electron chi connectivity index (χ4n) is 3.55. The third-order valence-electron chi connectivity index (χ3n) is 5.19. The quantitative estimate of drug-likeness (QED) is 0.498. The molecule has 0 spiro atoms. The summed E-state index contributed by atoms with van der Waals surface area (Å²) < 4.78 is 12.7. The number of pyridine rings is 1. The summed E-state index contributed by atoms with van der Waals surface area (Å²) in [6.45, 7) is 3.96. The normalized spacial score (nSPS) is 20.4. The van der Waals surface area contributed by atoms with Crippen LogP contribution in [0.3, 0.4) is 0 Å². The van der Waals surface area contributed by atoms with Gasteiger partial charge in [-0.05, 0) is 37.5 Å². The first-order valence-electron chi connectivity index (χ1n) is 10.1. The molecule has 10 heteroatoms. The van der Waals surface area contributed by atoms with Crippen LogP contribution in [0.25, 0.3) is 11.7 Å². The summed E-state index contributed by atoms with van der Waals surface area (Å²) in [6.07, 6.45) is 5.41. The summed E-state index contributed by atoms with van der Waals surface area (Å²) in [5, 5.41) is 3.27. The van der Waals surface area contributed by atoms with E-state index in [1.165, 1.54) is 21.1 Å². The van der Waals surface area contributed by atoms with E-state index >= 15 is 0 Å². The van der Waals surface area contributed by atoms with Crippen LogP contribution in [0.5, 0.6) is 0 Å². The first-order valence-corrected chi connectivity index (χ1v) is 11.3. The third-order valence-corrected chi connectivity index (χ3v) is 6.57. The monoisotopic (exact) mass is 460 g/mol. The Bertz CT molecular complexity index is 1110. The number of aromatic nitrogens is 2. The van der Waals surface area contributed by atoms with Crippen molar-refractivity contribution in [3.05, 3.63) is 44.7 Å². The summed E-state index contributed by atoms with van der Waals surface area (Å²) >= 11 is 6.53. The fourth-order valence-corrected chi connectivity index (χ4v) is 4.84. The lowest BCUT2D eigenvalue weighted by molar-refractivity contribution is -0.122. The molecule has 2 aromatic rings. The van der Waals surface area contributed by atoms with Crippen molar-refractivity contribution in [3.8, 4) is 0 Å². The Kier molecular flexibility index (Phi) is 6.71. The van der Waals surface area contributed by atoms with Gasteiger partial charge in [-0.25, -0.2) is 4.98 Å². The van der Waals surface area contributed by atoms with Gasteiger partial charge in [0, 0.05) is 26.5 Å². The van der Waals surface area contributed by atoms with Crippen molar-refractivity contribution < 1.29 is 14.3 Å². The number of fused-ring (bicyclic) bond motifs is 1. The van der Waals surface area contributed by atoms with Gasteiger partial charge in [-0.3, -0.25) is 18.9 Å². The molecule has 0 aromatic carbocycles. The molecule has 2 fully saturated rings. The highest BCUT2D eigenvalue weighted by molar-refractivity contribution is 8.26. The minimum atomic E-state index is -0.245. The zero-order valence-corrected chi connectivity index (χ0v) is 19.1. The molecule has 1 atom stereocenters. The molecule has 0 saturated carbocycles. The van der Waals surface area contributed by atoms with E-state index in [2.05, 4.69) is 10.3 Å². The van der Waals surface area contributed by atoms with Gasteiger partial charge in [0.1, 0.15) is 15.8 Å². The molecule has 4 heterocycles. The van der Waals surface area contributed by atoms with Crippen molar-refractivity contribution >= 4 is 51.7 Å². The number of amides is 1. The number of rotatable bonds is 7. The molecule has 31 heavy (non-hydrogen) atoms. The molecule has 2 aromatic heterocycles. The zero-order valence-electron chi connectivity index (χ0n) is 17.4. The zero-order chi connectivity index (χ0) is 22.0. The second kappa shape index (κ2) is 9.47. The number of aryl methyl sites for hydroxylation is 1. The number of carbonyl (C=O) groups is 1. The van der Waals surface area contributed by atoms with Crippen LogP contribution in [0.2, 0.25) is 0 Å². The van der Waals surface area contributed by atoms with Crippen molar-refractivity contribution in [3.63, 3.8) is 0 Å². The van der Waals surface area contributed by atoms with Crippen LogP contribution in [0.4, 0.5) is 5.82 Å². The van der Waals surface area contributed by atoms with E-state index in [9.17, 15) is 9.59 Å². The molecular weight excluding hydrogens is 436 g/mol. The maximum Gasteiger partial charge on any atom is 0.267 e. The lowest BCUT2D eigenvalue weighted by Gasteiger charge is -2.15. The highest BCUT2D eigenvalue weighted by atomic mass is 32.2. The van der Waals surface area contributed by atoms with Gasteiger partial charge < -0.3 is 14.8 Å². The Hall–Kier alpha value is -2.27. The van der Waals surface area contributed by atoms with Crippen molar-refractivity contribution in [2.45, 2.75) is 25.9 Å². The second-order valence-corrected chi connectivity index (χ2v) is 9.13. The van der Waals surface area contributed by atoms with Crippen LogP contribution >= 0.6 is 24.0 Å². The van der Waals surface area contributed by atoms with E-state index in [1.54, 1.807) is 19.4 Å². The lowest BCUT2D eigenvalue weighted by Crippen LogP contribution is -2.31. The number of methoxy groups -OCH3 is 1. The van der Waals surface area contributed by atoms with Gasteiger partial charge in [-0.2, -0.15) is 0 Å². The van der Waals surface area contributed by atoms with Gasteiger partial charge in [0.05, 0.1) is 29.7 Å². The molecule has 1 amide bonds. The molecule has 2 aliphatic heterocycles. The Morgan fingerprint density at radius 3 is 3.00 bits per heavy atom. The number of thiocarbonyl (C=S) groups is 1. The van der Waals surface area contributed by atoms with Crippen molar-refractivity contribution in [1.29, 1.82) is 0 Å². The van der Waals surface area contributed by atoms with Crippen LogP contribution in [-0.2, 0) is 14.3 Å². The third kappa shape index (κ3) is 4.67. The van der Waals surface area contributed by atoms with Crippen LogP contribution < -0.4 is 10.9 Å². The standard InChI is InChI=1S/C21H24N4O4S2/c1-13-5-6-17-23-18(22-11-14-4-3-8-29-14)15(19(26)25(17)12-13)10-16-20(27)24(7-9-28-2)21(30)31-16/h5-6,10,12,14,22H,3-4,7-9,11H2,1-2H3/b16-10-. The number of ether oxygens (including phenoxy) is 2. The van der Waals surface area contributed by atoms with Crippen LogP contribution in [0.1, 0.15) is 24.0 Å². The van der Waals surface area contributed by atoms with Crippen LogP contribution in [0.15, 0.2) is 28.0 Å². The van der Waals surface area contributed by atoms with E-state index in [0.29, 0.717) is 46.0 Å². The molecule has 4 rings (SSSR count). The molecule has 2 saturated heterocycles. The summed E-state index contributed by atoms with van der Waals surface area (Å²) in [7, 11) is 1.57. The summed E-state index contributed by atoms with van der Waals surface area (Å²) in [4.78, 5) is 32.7. The maximum atomic E-state index is 13.3. The first kappa shape index (κ1) is 21.9. The van der Waals surface area contributed by atoms with E-state index < -0.39 is 0 Å². The van der Waals surface area contributed by atoms with E-state index in [1.807, 2.05) is 19.1 Å². The van der Waals surface area contributed by atoms with Gasteiger partial charge in [-0.1, -0.05) is 30.0 Å². The van der Waals surface area contributed by atoms with Gasteiger partial charge in [-0.15, -0.1) is 0 Å². The number of anilines is 1. The summed E-state index contributed by atoms with van der Waals surface area (Å²) in [5.74, 6) is 0.206. The minimum absolute atomic E-state index is 0.0818. The van der Waals surface area contributed by atoms with Gasteiger partial charge in [0.25, 0.3) is 11.5 Å². The summed E-state index contributed by atoms with van der Waals surface area (Å²) in [5.41, 5.74) is 1.56. The van der Waals surface area contributed by atoms with E-state index in [0.717, 1.165) is 25.0 Å². The van der Waals surface area contributed by atoms with Crippen molar-refractivity contribution in [2.75, 3.05) is 38.7 Å². The molecular formula is C21H24N4O4S2. The maximum absolute atomic E-state index is 13.3.